The number of aromatic nitrogens is 2. The fourth-order valence-corrected chi connectivity index (χ4v) is 2.11. The molecule has 0 aliphatic heterocycles. The Labute approximate surface area is 115 Å². The zero-order valence-corrected chi connectivity index (χ0v) is 12.1. The molecule has 2 rings (SSSR count). The molecule has 0 radical (unpaired) electrons. The Morgan fingerprint density at radius 3 is 2.94 bits per heavy atom. The molecule has 5 heteroatoms. The van der Waals surface area contributed by atoms with Crippen LogP contribution in [0, 0.1) is 6.92 Å². The summed E-state index contributed by atoms with van der Waals surface area (Å²) in [7, 11) is 0. The number of aryl methyl sites for hydroxylation is 1. The largest absolute Gasteiger partial charge is 0.339 e. The summed E-state index contributed by atoms with van der Waals surface area (Å²) in [5, 5.41) is 4.04. The molecular weight excluding hydrogens is 294 g/mol. The van der Waals surface area contributed by atoms with Crippen molar-refractivity contribution in [1.29, 1.82) is 0 Å². The van der Waals surface area contributed by atoms with Crippen LogP contribution in [-0.4, -0.2) is 16.7 Å². The Bertz CT molecular complexity index is 539. The van der Waals surface area contributed by atoms with Gasteiger partial charge >= 0.3 is 0 Å². The third kappa shape index (κ3) is 2.79. The van der Waals surface area contributed by atoms with E-state index in [0.29, 0.717) is 18.3 Å². The molecule has 0 fully saturated rings. The minimum absolute atomic E-state index is 0.198. The molecule has 18 heavy (non-hydrogen) atoms. The lowest BCUT2D eigenvalue weighted by Crippen LogP contribution is -2.04. The molecule has 4 nitrogen and oxygen atoms in total. The lowest BCUT2D eigenvalue weighted by Gasteiger charge is -2.02. The third-order valence-electron chi connectivity index (χ3n) is 2.90. The molecule has 1 aromatic heterocycles. The highest BCUT2D eigenvalue weighted by molar-refractivity contribution is 9.10. The zero-order chi connectivity index (χ0) is 13.1. The molecule has 1 unspecified atom stereocenters. The third-order valence-corrected chi connectivity index (χ3v) is 3.40. The Hall–Kier alpha value is -1.20. The summed E-state index contributed by atoms with van der Waals surface area (Å²) >= 11 is 3.45. The molecule has 96 valence electrons. The molecule has 0 bridgehead atoms. The topological polar surface area (TPSA) is 64.9 Å². The van der Waals surface area contributed by atoms with Gasteiger partial charge in [0.1, 0.15) is 0 Å². The van der Waals surface area contributed by atoms with Crippen LogP contribution in [0.3, 0.4) is 0 Å². The first kappa shape index (κ1) is 13.2. The van der Waals surface area contributed by atoms with Gasteiger partial charge in [-0.25, -0.2) is 0 Å². The fourth-order valence-electron chi connectivity index (χ4n) is 1.75. The molecule has 1 atom stereocenters. The Morgan fingerprint density at radius 1 is 1.44 bits per heavy atom. The van der Waals surface area contributed by atoms with E-state index in [2.05, 4.69) is 26.1 Å². The van der Waals surface area contributed by atoms with Crippen molar-refractivity contribution in [2.75, 3.05) is 6.54 Å². The first-order chi connectivity index (χ1) is 8.61. The number of hydrogen-bond acceptors (Lipinski definition) is 4. The van der Waals surface area contributed by atoms with Crippen molar-refractivity contribution < 1.29 is 4.52 Å². The van der Waals surface area contributed by atoms with E-state index >= 15 is 0 Å². The van der Waals surface area contributed by atoms with Crippen LogP contribution in [0.2, 0.25) is 0 Å². The van der Waals surface area contributed by atoms with E-state index in [0.717, 1.165) is 22.0 Å². The standard InChI is InChI=1S/C13H16BrN3O/c1-8-3-4-10(14)7-11(8)12-16-13(18-17-12)9(2)5-6-15/h3-4,7,9H,5-6,15H2,1-2H3. The molecule has 0 saturated carbocycles. The van der Waals surface area contributed by atoms with Crippen molar-refractivity contribution in [3.63, 3.8) is 0 Å². The van der Waals surface area contributed by atoms with Gasteiger partial charge in [-0.3, -0.25) is 0 Å². The highest BCUT2D eigenvalue weighted by atomic mass is 79.9. The van der Waals surface area contributed by atoms with E-state index < -0.39 is 0 Å². The smallest absolute Gasteiger partial charge is 0.229 e. The Kier molecular flexibility index (Phi) is 4.14. The molecule has 0 spiro atoms. The predicted octanol–water partition coefficient (Wildman–Crippen LogP) is 3.26. The molecular formula is C13H16BrN3O. The molecule has 2 N–H and O–H groups in total. The van der Waals surface area contributed by atoms with Crippen molar-refractivity contribution in [1.82, 2.24) is 10.1 Å². The van der Waals surface area contributed by atoms with Crippen molar-refractivity contribution in [3.05, 3.63) is 34.1 Å². The second-order valence-electron chi connectivity index (χ2n) is 4.39. The van der Waals surface area contributed by atoms with Gasteiger partial charge in [0.25, 0.3) is 0 Å². The molecule has 1 heterocycles. The first-order valence-electron chi connectivity index (χ1n) is 5.92. The van der Waals surface area contributed by atoms with E-state index in [9.17, 15) is 0 Å². The van der Waals surface area contributed by atoms with Crippen LogP contribution >= 0.6 is 15.9 Å². The second-order valence-corrected chi connectivity index (χ2v) is 5.31. The predicted molar refractivity (Wildman–Crippen MR) is 74.3 cm³/mol. The number of hydrogen-bond donors (Lipinski definition) is 1. The van der Waals surface area contributed by atoms with E-state index in [4.69, 9.17) is 10.3 Å². The number of nitrogens with two attached hydrogens (primary N) is 1. The van der Waals surface area contributed by atoms with Gasteiger partial charge in [-0.05, 0) is 37.6 Å². The fraction of sp³-hybridized carbons (Fsp3) is 0.385. The maximum absolute atomic E-state index is 5.53. The Morgan fingerprint density at radius 2 is 2.22 bits per heavy atom. The molecule has 0 aliphatic rings. The summed E-state index contributed by atoms with van der Waals surface area (Å²) in [6, 6.07) is 6.02. The number of nitrogens with zero attached hydrogens (tertiary/aromatic N) is 2. The van der Waals surface area contributed by atoms with Crippen LogP contribution in [0.1, 0.15) is 30.7 Å². The molecule has 0 amide bonds. The summed E-state index contributed by atoms with van der Waals surface area (Å²) in [5.74, 6) is 1.48. The van der Waals surface area contributed by atoms with Gasteiger partial charge < -0.3 is 10.3 Å². The summed E-state index contributed by atoms with van der Waals surface area (Å²) in [5.41, 5.74) is 7.64. The zero-order valence-electron chi connectivity index (χ0n) is 10.5. The van der Waals surface area contributed by atoms with Crippen LogP contribution in [0.15, 0.2) is 27.2 Å². The maximum Gasteiger partial charge on any atom is 0.229 e. The highest BCUT2D eigenvalue weighted by Gasteiger charge is 2.15. The summed E-state index contributed by atoms with van der Waals surface area (Å²) in [4.78, 5) is 4.45. The Balaban J connectivity index is 2.32. The van der Waals surface area contributed by atoms with Crippen LogP contribution in [-0.2, 0) is 0 Å². The summed E-state index contributed by atoms with van der Waals surface area (Å²) in [6.07, 6.45) is 0.846. The van der Waals surface area contributed by atoms with Crippen molar-refractivity contribution in [3.8, 4) is 11.4 Å². The number of rotatable bonds is 4. The lowest BCUT2D eigenvalue weighted by atomic mass is 10.1. The summed E-state index contributed by atoms with van der Waals surface area (Å²) in [6.45, 7) is 4.69. The van der Waals surface area contributed by atoms with Gasteiger partial charge in [0.2, 0.25) is 11.7 Å². The monoisotopic (exact) mass is 309 g/mol. The van der Waals surface area contributed by atoms with Gasteiger partial charge in [-0.15, -0.1) is 0 Å². The normalized spacial score (nSPS) is 12.7. The minimum Gasteiger partial charge on any atom is -0.339 e. The minimum atomic E-state index is 0.198. The molecule has 0 saturated heterocycles. The summed E-state index contributed by atoms with van der Waals surface area (Å²) < 4.78 is 6.30. The van der Waals surface area contributed by atoms with Crippen LogP contribution in [0.25, 0.3) is 11.4 Å². The van der Waals surface area contributed by atoms with E-state index in [1.165, 1.54) is 0 Å². The van der Waals surface area contributed by atoms with Crippen LogP contribution < -0.4 is 5.73 Å². The van der Waals surface area contributed by atoms with Gasteiger partial charge in [0, 0.05) is 16.0 Å². The van der Waals surface area contributed by atoms with E-state index in [1.54, 1.807) is 0 Å². The van der Waals surface area contributed by atoms with E-state index in [-0.39, 0.29) is 5.92 Å². The average molecular weight is 310 g/mol. The average Bonchev–Trinajstić information content (AvgIpc) is 2.82. The molecule has 1 aromatic carbocycles. The van der Waals surface area contributed by atoms with Gasteiger partial charge in [-0.1, -0.05) is 34.1 Å². The maximum atomic E-state index is 5.53. The van der Waals surface area contributed by atoms with E-state index in [1.807, 2.05) is 32.0 Å². The second kappa shape index (κ2) is 5.63. The van der Waals surface area contributed by atoms with Crippen molar-refractivity contribution in [2.24, 2.45) is 5.73 Å². The van der Waals surface area contributed by atoms with Gasteiger partial charge in [0.15, 0.2) is 0 Å². The van der Waals surface area contributed by atoms with Crippen LogP contribution in [0.5, 0.6) is 0 Å². The lowest BCUT2D eigenvalue weighted by molar-refractivity contribution is 0.355. The number of benzene rings is 1. The first-order valence-corrected chi connectivity index (χ1v) is 6.71. The quantitative estimate of drug-likeness (QED) is 0.941. The molecule has 2 aromatic rings. The van der Waals surface area contributed by atoms with Gasteiger partial charge in [-0.2, -0.15) is 4.98 Å². The SMILES string of the molecule is Cc1ccc(Br)cc1-c1noc(C(C)CCN)n1. The van der Waals surface area contributed by atoms with Crippen LogP contribution in [0.4, 0.5) is 0 Å². The van der Waals surface area contributed by atoms with Gasteiger partial charge in [0.05, 0.1) is 0 Å². The highest BCUT2D eigenvalue weighted by Crippen LogP contribution is 2.26. The van der Waals surface area contributed by atoms with Crippen molar-refractivity contribution in [2.45, 2.75) is 26.2 Å². The van der Waals surface area contributed by atoms with Crippen molar-refractivity contribution >= 4 is 15.9 Å². The number of halogens is 1. The molecule has 0 aliphatic carbocycles.